The maximum absolute atomic E-state index is 4.43. The van der Waals surface area contributed by atoms with Crippen molar-refractivity contribution in [2.75, 3.05) is 0 Å². The molecule has 100 valence electrons. The predicted octanol–water partition coefficient (Wildman–Crippen LogP) is 3.78. The third kappa shape index (κ3) is 2.24. The fourth-order valence-electron chi connectivity index (χ4n) is 3.96. The standard InChI is InChI=1S/C14H22BrN3/c1-18-13(9-15)16-17-14(18)12-7-6-10-4-2-3-5-11(10)8-12/h10-12H,2-9H2,1H3. The average Bonchev–Trinajstić information content (AvgIpc) is 2.79. The highest BCUT2D eigenvalue weighted by molar-refractivity contribution is 9.08. The first-order chi connectivity index (χ1) is 8.79. The van der Waals surface area contributed by atoms with Crippen LogP contribution < -0.4 is 0 Å². The van der Waals surface area contributed by atoms with Crippen LogP contribution in [0.5, 0.6) is 0 Å². The van der Waals surface area contributed by atoms with Crippen LogP contribution in [-0.4, -0.2) is 14.8 Å². The van der Waals surface area contributed by atoms with Gasteiger partial charge in [-0.25, -0.2) is 0 Å². The second-order valence-electron chi connectivity index (χ2n) is 5.98. The SMILES string of the molecule is Cn1c(CBr)nnc1C1CCC2CCCCC2C1. The molecule has 0 saturated heterocycles. The van der Waals surface area contributed by atoms with Gasteiger partial charge in [0.25, 0.3) is 0 Å². The van der Waals surface area contributed by atoms with Gasteiger partial charge >= 0.3 is 0 Å². The Bertz CT molecular complexity index is 415. The fraction of sp³-hybridized carbons (Fsp3) is 0.857. The Balaban J connectivity index is 1.75. The lowest BCUT2D eigenvalue weighted by atomic mass is 9.67. The van der Waals surface area contributed by atoms with E-state index in [9.17, 15) is 0 Å². The molecule has 1 aromatic heterocycles. The molecule has 3 rings (SSSR count). The number of aromatic nitrogens is 3. The first-order valence-electron chi connectivity index (χ1n) is 7.23. The van der Waals surface area contributed by atoms with Crippen molar-refractivity contribution >= 4 is 15.9 Å². The maximum atomic E-state index is 4.43. The third-order valence-corrected chi connectivity index (χ3v) is 5.52. The highest BCUT2D eigenvalue weighted by Gasteiger charge is 2.34. The minimum Gasteiger partial charge on any atom is -0.317 e. The van der Waals surface area contributed by atoms with E-state index in [2.05, 4.69) is 37.7 Å². The number of alkyl halides is 1. The molecule has 3 nitrogen and oxygen atoms in total. The van der Waals surface area contributed by atoms with Crippen LogP contribution in [0.1, 0.15) is 62.5 Å². The monoisotopic (exact) mass is 311 g/mol. The van der Waals surface area contributed by atoms with Gasteiger partial charge in [-0.1, -0.05) is 41.6 Å². The molecule has 3 atom stereocenters. The molecule has 1 aromatic rings. The molecule has 0 bridgehead atoms. The normalized spacial score (nSPS) is 32.2. The fourth-order valence-corrected chi connectivity index (χ4v) is 4.44. The van der Waals surface area contributed by atoms with Gasteiger partial charge in [0.2, 0.25) is 0 Å². The third-order valence-electron chi connectivity index (χ3n) is 5.02. The molecule has 2 aliphatic rings. The highest BCUT2D eigenvalue weighted by Crippen LogP contribution is 2.45. The summed E-state index contributed by atoms with van der Waals surface area (Å²) in [6.07, 6.45) is 9.90. The zero-order valence-corrected chi connectivity index (χ0v) is 12.7. The zero-order valence-electron chi connectivity index (χ0n) is 11.1. The second kappa shape index (κ2) is 5.32. The Morgan fingerprint density at radius 3 is 2.61 bits per heavy atom. The van der Waals surface area contributed by atoms with E-state index >= 15 is 0 Å². The topological polar surface area (TPSA) is 30.7 Å². The highest BCUT2D eigenvalue weighted by atomic mass is 79.9. The Kier molecular flexibility index (Phi) is 3.73. The summed E-state index contributed by atoms with van der Waals surface area (Å²) in [4.78, 5) is 0. The Morgan fingerprint density at radius 2 is 1.89 bits per heavy atom. The number of rotatable bonds is 2. The molecule has 18 heavy (non-hydrogen) atoms. The van der Waals surface area contributed by atoms with Crippen molar-refractivity contribution in [2.24, 2.45) is 18.9 Å². The van der Waals surface area contributed by atoms with Gasteiger partial charge in [-0.05, 0) is 31.1 Å². The van der Waals surface area contributed by atoms with Gasteiger partial charge in [-0.3, -0.25) is 0 Å². The average molecular weight is 312 g/mol. The number of hydrogen-bond donors (Lipinski definition) is 0. The minimum atomic E-state index is 0.648. The smallest absolute Gasteiger partial charge is 0.143 e. The van der Waals surface area contributed by atoms with Crippen molar-refractivity contribution < 1.29 is 0 Å². The van der Waals surface area contributed by atoms with Crippen molar-refractivity contribution in [3.63, 3.8) is 0 Å². The Labute approximate surface area is 117 Å². The summed E-state index contributed by atoms with van der Waals surface area (Å²) in [5.41, 5.74) is 0. The van der Waals surface area contributed by atoms with Crippen molar-refractivity contribution in [2.45, 2.75) is 56.2 Å². The minimum absolute atomic E-state index is 0.648. The largest absolute Gasteiger partial charge is 0.317 e. The van der Waals surface area contributed by atoms with E-state index in [0.717, 1.165) is 23.0 Å². The van der Waals surface area contributed by atoms with Crippen LogP contribution in [0.2, 0.25) is 0 Å². The van der Waals surface area contributed by atoms with Gasteiger partial charge in [0.15, 0.2) is 0 Å². The molecule has 0 aromatic carbocycles. The van der Waals surface area contributed by atoms with Gasteiger partial charge < -0.3 is 4.57 Å². The quantitative estimate of drug-likeness (QED) is 0.778. The molecule has 0 amide bonds. The summed E-state index contributed by atoms with van der Waals surface area (Å²) >= 11 is 3.48. The summed E-state index contributed by atoms with van der Waals surface area (Å²) in [5, 5.41) is 9.51. The van der Waals surface area contributed by atoms with Crippen LogP contribution in [0.4, 0.5) is 0 Å². The molecular formula is C14H22BrN3. The molecule has 2 saturated carbocycles. The lowest BCUT2D eigenvalue weighted by Crippen LogP contribution is -2.28. The molecule has 4 heteroatoms. The Morgan fingerprint density at radius 1 is 1.11 bits per heavy atom. The maximum Gasteiger partial charge on any atom is 0.143 e. The van der Waals surface area contributed by atoms with E-state index in [1.807, 2.05) is 0 Å². The van der Waals surface area contributed by atoms with Gasteiger partial charge in [0.1, 0.15) is 11.6 Å². The van der Waals surface area contributed by atoms with Crippen molar-refractivity contribution in [1.82, 2.24) is 14.8 Å². The van der Waals surface area contributed by atoms with Crippen LogP contribution in [0.15, 0.2) is 0 Å². The van der Waals surface area contributed by atoms with Crippen molar-refractivity contribution in [3.05, 3.63) is 11.6 Å². The second-order valence-corrected chi connectivity index (χ2v) is 6.54. The molecule has 0 aliphatic heterocycles. The van der Waals surface area contributed by atoms with Crippen LogP contribution in [0.25, 0.3) is 0 Å². The summed E-state index contributed by atoms with van der Waals surface area (Å²) in [6.45, 7) is 0. The summed E-state index contributed by atoms with van der Waals surface area (Å²) in [5.74, 6) is 4.89. The van der Waals surface area contributed by atoms with Crippen LogP contribution in [0, 0.1) is 11.8 Å². The van der Waals surface area contributed by atoms with Gasteiger partial charge in [0.05, 0.1) is 5.33 Å². The molecule has 2 aliphatic carbocycles. The van der Waals surface area contributed by atoms with E-state index in [1.165, 1.54) is 50.8 Å². The number of hydrogen-bond acceptors (Lipinski definition) is 2. The summed E-state index contributed by atoms with van der Waals surface area (Å²) in [7, 11) is 2.11. The van der Waals surface area contributed by atoms with Crippen LogP contribution in [-0.2, 0) is 12.4 Å². The molecule has 1 heterocycles. The van der Waals surface area contributed by atoms with Crippen molar-refractivity contribution in [3.8, 4) is 0 Å². The number of nitrogens with zero attached hydrogens (tertiary/aromatic N) is 3. The van der Waals surface area contributed by atoms with E-state index in [1.54, 1.807) is 0 Å². The van der Waals surface area contributed by atoms with Gasteiger partial charge in [-0.2, -0.15) is 0 Å². The first-order valence-corrected chi connectivity index (χ1v) is 8.36. The van der Waals surface area contributed by atoms with Gasteiger partial charge in [0, 0.05) is 13.0 Å². The molecule has 0 spiro atoms. The number of fused-ring (bicyclic) bond motifs is 1. The first kappa shape index (κ1) is 12.6. The lowest BCUT2D eigenvalue weighted by molar-refractivity contribution is 0.152. The summed E-state index contributed by atoms with van der Waals surface area (Å²) < 4.78 is 2.20. The van der Waals surface area contributed by atoms with E-state index < -0.39 is 0 Å². The molecule has 0 radical (unpaired) electrons. The van der Waals surface area contributed by atoms with E-state index in [-0.39, 0.29) is 0 Å². The Hall–Kier alpha value is -0.380. The van der Waals surface area contributed by atoms with Crippen LogP contribution in [0.3, 0.4) is 0 Å². The van der Waals surface area contributed by atoms with E-state index in [0.29, 0.717) is 5.92 Å². The van der Waals surface area contributed by atoms with Crippen LogP contribution >= 0.6 is 15.9 Å². The number of halogens is 1. The van der Waals surface area contributed by atoms with E-state index in [4.69, 9.17) is 0 Å². The molecule has 2 fully saturated rings. The van der Waals surface area contributed by atoms with Gasteiger partial charge in [-0.15, -0.1) is 10.2 Å². The predicted molar refractivity (Wildman–Crippen MR) is 75.7 cm³/mol. The zero-order chi connectivity index (χ0) is 12.5. The lowest BCUT2D eigenvalue weighted by Gasteiger charge is -2.38. The molecule has 3 unspecified atom stereocenters. The molecule has 0 N–H and O–H groups in total. The molecular weight excluding hydrogens is 290 g/mol. The summed E-state index contributed by atoms with van der Waals surface area (Å²) in [6, 6.07) is 0. The van der Waals surface area contributed by atoms with Crippen molar-refractivity contribution in [1.29, 1.82) is 0 Å².